The Bertz CT molecular complexity index is 618. The van der Waals surface area contributed by atoms with Crippen molar-refractivity contribution in [3.05, 3.63) is 35.9 Å². The van der Waals surface area contributed by atoms with Crippen molar-refractivity contribution in [1.82, 2.24) is 10.2 Å². The first-order valence-electron chi connectivity index (χ1n) is 7.50. The van der Waals surface area contributed by atoms with Gasteiger partial charge in [0.05, 0.1) is 5.41 Å². The van der Waals surface area contributed by atoms with Crippen LogP contribution in [0.4, 0.5) is 13.2 Å². The summed E-state index contributed by atoms with van der Waals surface area (Å²) in [6.45, 7) is 0.684. The molecule has 0 bridgehead atoms. The van der Waals surface area contributed by atoms with Crippen molar-refractivity contribution in [3.8, 4) is 0 Å². The number of carbonyl (C=O) groups is 2. The highest BCUT2D eigenvalue weighted by molar-refractivity contribution is 5.88. The fraction of sp³-hybridized carbons (Fsp3) is 0.500. The van der Waals surface area contributed by atoms with Crippen LogP contribution in [0.15, 0.2) is 30.3 Å². The molecule has 0 aliphatic carbocycles. The number of carbonyl (C=O) groups excluding carboxylic acids is 2. The normalized spacial score (nSPS) is 27.5. The smallest absolute Gasteiger partial charge is 0.355 e. The van der Waals surface area contributed by atoms with E-state index in [1.807, 2.05) is 30.3 Å². The molecule has 2 aliphatic heterocycles. The van der Waals surface area contributed by atoms with Crippen LogP contribution >= 0.6 is 0 Å². The first kappa shape index (κ1) is 15.8. The minimum Gasteiger partial charge on any atom is -0.355 e. The van der Waals surface area contributed by atoms with E-state index in [0.717, 1.165) is 5.56 Å². The molecule has 1 aromatic carbocycles. The minimum atomic E-state index is -4.52. The van der Waals surface area contributed by atoms with Crippen molar-refractivity contribution >= 4 is 11.8 Å². The molecule has 4 nitrogen and oxygen atoms in total. The molecule has 1 aromatic rings. The van der Waals surface area contributed by atoms with Crippen molar-refractivity contribution in [2.75, 3.05) is 19.6 Å². The fourth-order valence-corrected chi connectivity index (χ4v) is 3.65. The van der Waals surface area contributed by atoms with E-state index in [-0.39, 0.29) is 24.9 Å². The molecule has 3 rings (SSSR count). The Morgan fingerprint density at radius 2 is 2.00 bits per heavy atom. The average Bonchev–Trinajstić information content (AvgIpc) is 3.05. The van der Waals surface area contributed by atoms with E-state index >= 15 is 0 Å². The number of halogens is 3. The van der Waals surface area contributed by atoms with Crippen molar-refractivity contribution < 1.29 is 22.8 Å². The van der Waals surface area contributed by atoms with E-state index in [2.05, 4.69) is 5.32 Å². The summed E-state index contributed by atoms with van der Waals surface area (Å²) in [6, 6.07) is 9.43. The van der Waals surface area contributed by atoms with Crippen LogP contribution in [0.1, 0.15) is 24.3 Å². The quantitative estimate of drug-likeness (QED) is 0.904. The number of alkyl halides is 3. The zero-order valence-electron chi connectivity index (χ0n) is 12.4. The molecule has 2 amide bonds. The lowest BCUT2D eigenvalue weighted by atomic mass is 9.73. The highest BCUT2D eigenvalue weighted by Crippen LogP contribution is 2.47. The summed E-state index contributed by atoms with van der Waals surface area (Å²) >= 11 is 0. The van der Waals surface area contributed by atoms with Gasteiger partial charge in [0.25, 0.3) is 0 Å². The Kier molecular flexibility index (Phi) is 3.82. The summed E-state index contributed by atoms with van der Waals surface area (Å²) in [5.74, 6) is -1.26. The van der Waals surface area contributed by atoms with E-state index < -0.39 is 23.9 Å². The van der Waals surface area contributed by atoms with E-state index in [1.165, 1.54) is 4.90 Å². The Hall–Kier alpha value is -2.05. The van der Waals surface area contributed by atoms with Crippen LogP contribution in [0.25, 0.3) is 0 Å². The second kappa shape index (κ2) is 5.54. The summed E-state index contributed by atoms with van der Waals surface area (Å²) in [4.78, 5) is 25.4. The maximum Gasteiger partial charge on any atom is 0.397 e. The zero-order chi connectivity index (χ0) is 16.7. The summed E-state index contributed by atoms with van der Waals surface area (Å²) in [6.07, 6.45) is -5.60. The predicted octanol–water partition coefficient (Wildman–Crippen LogP) is 2.07. The van der Waals surface area contributed by atoms with Gasteiger partial charge in [0.15, 0.2) is 0 Å². The molecule has 2 unspecified atom stereocenters. The summed E-state index contributed by atoms with van der Waals surface area (Å²) in [5.41, 5.74) is 0.152. The van der Waals surface area contributed by atoms with Gasteiger partial charge in [-0.1, -0.05) is 30.3 Å². The van der Waals surface area contributed by atoms with Crippen LogP contribution < -0.4 is 5.32 Å². The van der Waals surface area contributed by atoms with Crippen LogP contribution in [0.2, 0.25) is 0 Å². The monoisotopic (exact) mass is 326 g/mol. The highest BCUT2D eigenvalue weighted by atomic mass is 19.4. The molecule has 0 aromatic heterocycles. The van der Waals surface area contributed by atoms with Gasteiger partial charge in [-0.2, -0.15) is 13.2 Å². The molecule has 0 radical (unpaired) electrons. The lowest BCUT2D eigenvalue weighted by molar-refractivity contribution is -0.160. The van der Waals surface area contributed by atoms with Crippen molar-refractivity contribution in [3.63, 3.8) is 0 Å². The standard InChI is InChI=1S/C16H17F3N2O2/c17-16(18,19)8-13(22)21-7-6-15(10-21)12(9-20-14(15)23)11-4-2-1-3-5-11/h1-5,12H,6-10H2,(H,20,23). The summed E-state index contributed by atoms with van der Waals surface area (Å²) in [5, 5.41) is 2.81. The van der Waals surface area contributed by atoms with Crippen LogP contribution in [0.3, 0.4) is 0 Å². The van der Waals surface area contributed by atoms with Gasteiger partial charge in [-0.05, 0) is 12.0 Å². The predicted molar refractivity (Wildman–Crippen MR) is 76.5 cm³/mol. The maximum absolute atomic E-state index is 12.4. The van der Waals surface area contributed by atoms with E-state index in [1.54, 1.807) is 0 Å². The molecule has 2 heterocycles. The number of hydrogen-bond acceptors (Lipinski definition) is 2. The third-order valence-electron chi connectivity index (χ3n) is 4.79. The molecule has 2 aliphatic rings. The van der Waals surface area contributed by atoms with Crippen molar-refractivity contribution in [2.24, 2.45) is 5.41 Å². The number of likely N-dealkylation sites (tertiary alicyclic amines) is 1. The third-order valence-corrected chi connectivity index (χ3v) is 4.79. The number of nitrogens with one attached hydrogen (secondary N) is 1. The second-order valence-electron chi connectivity index (χ2n) is 6.19. The highest BCUT2D eigenvalue weighted by Gasteiger charge is 2.55. The van der Waals surface area contributed by atoms with Gasteiger partial charge >= 0.3 is 6.18 Å². The largest absolute Gasteiger partial charge is 0.397 e. The zero-order valence-corrected chi connectivity index (χ0v) is 12.4. The Labute approximate surface area is 131 Å². The summed E-state index contributed by atoms with van der Waals surface area (Å²) < 4.78 is 37.3. The molecule has 0 saturated carbocycles. The van der Waals surface area contributed by atoms with Gasteiger partial charge in [0.1, 0.15) is 6.42 Å². The topological polar surface area (TPSA) is 49.4 Å². The maximum atomic E-state index is 12.4. The molecule has 7 heteroatoms. The minimum absolute atomic E-state index is 0.0489. The van der Waals surface area contributed by atoms with Gasteiger partial charge in [0.2, 0.25) is 11.8 Å². The summed E-state index contributed by atoms with van der Waals surface area (Å²) in [7, 11) is 0. The fourth-order valence-electron chi connectivity index (χ4n) is 3.65. The van der Waals surface area contributed by atoms with Crippen LogP contribution in [0.5, 0.6) is 0 Å². The SMILES string of the molecule is O=C(CC(F)(F)F)N1CCC2(C1)C(=O)NCC2c1ccccc1. The van der Waals surface area contributed by atoms with Gasteiger partial charge in [-0.25, -0.2) is 0 Å². The molecular formula is C16H17F3N2O2. The molecule has 23 heavy (non-hydrogen) atoms. The first-order chi connectivity index (χ1) is 10.8. The van der Waals surface area contributed by atoms with E-state index in [9.17, 15) is 22.8 Å². The number of rotatable bonds is 2. The third kappa shape index (κ3) is 2.92. The van der Waals surface area contributed by atoms with Gasteiger partial charge < -0.3 is 10.2 Å². The number of nitrogens with zero attached hydrogens (tertiary/aromatic N) is 1. The molecule has 1 spiro atoms. The molecule has 1 N–H and O–H groups in total. The Morgan fingerprint density at radius 1 is 1.30 bits per heavy atom. The molecule has 2 saturated heterocycles. The van der Waals surface area contributed by atoms with Crippen LogP contribution in [-0.4, -0.2) is 42.5 Å². The van der Waals surface area contributed by atoms with Crippen LogP contribution in [-0.2, 0) is 9.59 Å². The van der Waals surface area contributed by atoms with Gasteiger partial charge in [-0.15, -0.1) is 0 Å². The average molecular weight is 326 g/mol. The van der Waals surface area contributed by atoms with Crippen molar-refractivity contribution in [1.29, 1.82) is 0 Å². The lowest BCUT2D eigenvalue weighted by Crippen LogP contribution is -2.40. The van der Waals surface area contributed by atoms with Crippen LogP contribution in [0, 0.1) is 5.41 Å². The van der Waals surface area contributed by atoms with Gasteiger partial charge in [0, 0.05) is 25.6 Å². The number of hydrogen-bond donors (Lipinski definition) is 1. The number of amides is 2. The lowest BCUT2D eigenvalue weighted by Gasteiger charge is -2.28. The van der Waals surface area contributed by atoms with Gasteiger partial charge in [-0.3, -0.25) is 9.59 Å². The first-order valence-corrected chi connectivity index (χ1v) is 7.50. The molecule has 124 valence electrons. The van der Waals surface area contributed by atoms with Crippen molar-refractivity contribution in [2.45, 2.75) is 24.9 Å². The van der Waals surface area contributed by atoms with E-state index in [0.29, 0.717) is 13.0 Å². The molecule has 2 fully saturated rings. The second-order valence-corrected chi connectivity index (χ2v) is 6.19. The Morgan fingerprint density at radius 3 is 2.65 bits per heavy atom. The molecule has 2 atom stereocenters. The Balaban J connectivity index is 1.81. The number of benzene rings is 1. The van der Waals surface area contributed by atoms with E-state index in [4.69, 9.17) is 0 Å². The molecular weight excluding hydrogens is 309 g/mol.